The Morgan fingerprint density at radius 1 is 1.23 bits per heavy atom. The Balaban J connectivity index is 1.61. The number of rotatable bonds is 7. The molecule has 3 aromatic rings. The van der Waals surface area contributed by atoms with Gasteiger partial charge in [0.1, 0.15) is 0 Å². The zero-order chi connectivity index (χ0) is 18.5. The molecule has 1 amide bonds. The second-order valence-corrected chi connectivity index (χ2v) is 6.19. The van der Waals surface area contributed by atoms with E-state index in [9.17, 15) is 4.79 Å². The van der Waals surface area contributed by atoms with Crippen LogP contribution in [-0.2, 0) is 11.8 Å². The minimum absolute atomic E-state index is 0.162. The van der Waals surface area contributed by atoms with Crippen LogP contribution in [0, 0.1) is 0 Å². The van der Waals surface area contributed by atoms with Gasteiger partial charge in [0.05, 0.1) is 26.2 Å². The van der Waals surface area contributed by atoms with Gasteiger partial charge in [-0.3, -0.25) is 4.79 Å². The third-order valence-electron chi connectivity index (χ3n) is 3.58. The summed E-state index contributed by atoms with van der Waals surface area (Å²) in [6.07, 6.45) is 1.58. The zero-order valence-electron chi connectivity index (χ0n) is 14.6. The van der Waals surface area contributed by atoms with Crippen molar-refractivity contribution < 1.29 is 18.7 Å². The number of hydrogen-bond donors (Lipinski definition) is 1. The van der Waals surface area contributed by atoms with Crippen LogP contribution in [0.2, 0.25) is 0 Å². The molecule has 1 aromatic carbocycles. The normalized spacial score (nSPS) is 10.6. The summed E-state index contributed by atoms with van der Waals surface area (Å²) in [6.45, 7) is 0. The highest BCUT2D eigenvalue weighted by atomic mass is 32.2. The van der Waals surface area contributed by atoms with Crippen LogP contribution in [0.3, 0.4) is 0 Å². The Morgan fingerprint density at radius 2 is 2.04 bits per heavy atom. The fraction of sp³-hybridized carbons (Fsp3) is 0.235. The van der Waals surface area contributed by atoms with Gasteiger partial charge in [-0.05, 0) is 24.3 Å². The average molecular weight is 374 g/mol. The van der Waals surface area contributed by atoms with Gasteiger partial charge in [0.25, 0.3) is 0 Å². The monoisotopic (exact) mass is 374 g/mol. The maximum absolute atomic E-state index is 12.2. The van der Waals surface area contributed by atoms with Crippen LogP contribution in [-0.4, -0.2) is 40.6 Å². The van der Waals surface area contributed by atoms with Gasteiger partial charge in [0, 0.05) is 18.8 Å². The minimum Gasteiger partial charge on any atom is -0.493 e. The molecule has 0 unspecified atom stereocenters. The molecule has 0 atom stereocenters. The fourth-order valence-electron chi connectivity index (χ4n) is 2.30. The van der Waals surface area contributed by atoms with Crippen LogP contribution in [0.25, 0.3) is 11.6 Å². The molecule has 0 radical (unpaired) electrons. The summed E-state index contributed by atoms with van der Waals surface area (Å²) in [6, 6.07) is 8.79. The maximum atomic E-state index is 12.2. The number of benzene rings is 1. The van der Waals surface area contributed by atoms with E-state index < -0.39 is 0 Å². The van der Waals surface area contributed by atoms with E-state index in [2.05, 4.69) is 15.5 Å². The molecule has 0 aliphatic carbocycles. The Labute approximate surface area is 154 Å². The molecule has 136 valence electrons. The Hall–Kier alpha value is -2.94. The van der Waals surface area contributed by atoms with Gasteiger partial charge in [0.2, 0.25) is 5.91 Å². The van der Waals surface area contributed by atoms with Crippen molar-refractivity contribution in [3.05, 3.63) is 36.6 Å². The molecular formula is C17H18N4O4S. The first-order valence-corrected chi connectivity index (χ1v) is 8.69. The van der Waals surface area contributed by atoms with Crippen LogP contribution in [0.15, 0.2) is 46.2 Å². The predicted molar refractivity (Wildman–Crippen MR) is 97.6 cm³/mol. The van der Waals surface area contributed by atoms with Crippen molar-refractivity contribution in [3.8, 4) is 23.1 Å². The second-order valence-electron chi connectivity index (χ2n) is 5.25. The number of nitrogens with one attached hydrogen (secondary N) is 1. The molecule has 8 nitrogen and oxygen atoms in total. The van der Waals surface area contributed by atoms with Crippen molar-refractivity contribution in [2.75, 3.05) is 25.3 Å². The van der Waals surface area contributed by atoms with Crippen molar-refractivity contribution in [3.63, 3.8) is 0 Å². The van der Waals surface area contributed by atoms with Crippen molar-refractivity contribution in [1.82, 2.24) is 14.8 Å². The van der Waals surface area contributed by atoms with Crippen molar-refractivity contribution >= 4 is 23.4 Å². The van der Waals surface area contributed by atoms with E-state index in [1.54, 1.807) is 49.3 Å². The summed E-state index contributed by atoms with van der Waals surface area (Å²) in [4.78, 5) is 12.2. The molecule has 9 heteroatoms. The number of methoxy groups -OCH3 is 2. The largest absolute Gasteiger partial charge is 0.493 e. The molecule has 2 heterocycles. The molecular weight excluding hydrogens is 356 g/mol. The number of furan rings is 1. The lowest BCUT2D eigenvalue weighted by Crippen LogP contribution is -2.14. The van der Waals surface area contributed by atoms with Crippen molar-refractivity contribution in [2.45, 2.75) is 5.16 Å². The van der Waals surface area contributed by atoms with Gasteiger partial charge in [-0.1, -0.05) is 11.8 Å². The van der Waals surface area contributed by atoms with Crippen LogP contribution >= 0.6 is 11.8 Å². The summed E-state index contributed by atoms with van der Waals surface area (Å²) < 4.78 is 17.5. The third kappa shape index (κ3) is 3.83. The lowest BCUT2D eigenvalue weighted by atomic mass is 10.2. The summed E-state index contributed by atoms with van der Waals surface area (Å²) in [5.74, 6) is 2.42. The number of amides is 1. The first kappa shape index (κ1) is 17.9. The van der Waals surface area contributed by atoms with E-state index in [1.165, 1.54) is 11.8 Å². The third-order valence-corrected chi connectivity index (χ3v) is 4.60. The molecule has 0 saturated carbocycles. The number of aromatic nitrogens is 3. The summed E-state index contributed by atoms with van der Waals surface area (Å²) in [5.41, 5.74) is 0.627. The number of carbonyl (C=O) groups is 1. The smallest absolute Gasteiger partial charge is 0.234 e. The van der Waals surface area contributed by atoms with Gasteiger partial charge in [-0.25, -0.2) is 0 Å². The molecule has 0 fully saturated rings. The Morgan fingerprint density at radius 3 is 2.73 bits per heavy atom. The van der Waals surface area contributed by atoms with Gasteiger partial charge >= 0.3 is 0 Å². The summed E-state index contributed by atoms with van der Waals surface area (Å²) in [5, 5.41) is 11.6. The lowest BCUT2D eigenvalue weighted by Gasteiger charge is -2.10. The standard InChI is InChI=1S/C17H18N4O4S/c1-21-16(13-5-4-8-25-13)19-20-17(21)26-10-15(22)18-11-6-7-12(23-2)14(9-11)24-3/h4-9H,10H2,1-3H3,(H,18,22). The van der Waals surface area contributed by atoms with Gasteiger partial charge in [0.15, 0.2) is 28.2 Å². The topological polar surface area (TPSA) is 91.4 Å². The molecule has 26 heavy (non-hydrogen) atoms. The molecule has 1 N–H and O–H groups in total. The quantitative estimate of drug-likeness (QED) is 0.636. The van der Waals surface area contributed by atoms with Crippen LogP contribution in [0.5, 0.6) is 11.5 Å². The average Bonchev–Trinajstić information content (AvgIpc) is 3.29. The predicted octanol–water partition coefficient (Wildman–Crippen LogP) is 2.82. The van der Waals surface area contributed by atoms with E-state index >= 15 is 0 Å². The van der Waals surface area contributed by atoms with Gasteiger partial charge in [-0.2, -0.15) is 0 Å². The highest BCUT2D eigenvalue weighted by Crippen LogP contribution is 2.30. The molecule has 0 aliphatic heterocycles. The molecule has 3 rings (SSSR count). The van der Waals surface area contributed by atoms with Crippen LogP contribution in [0.4, 0.5) is 5.69 Å². The molecule has 0 spiro atoms. The fourth-order valence-corrected chi connectivity index (χ4v) is 3.01. The molecule has 0 bridgehead atoms. The lowest BCUT2D eigenvalue weighted by molar-refractivity contribution is -0.113. The van der Waals surface area contributed by atoms with E-state index in [-0.39, 0.29) is 11.7 Å². The second kappa shape index (κ2) is 7.96. The van der Waals surface area contributed by atoms with Crippen LogP contribution in [0.1, 0.15) is 0 Å². The number of ether oxygens (including phenoxy) is 2. The van der Waals surface area contributed by atoms with Gasteiger partial charge < -0.3 is 23.8 Å². The van der Waals surface area contributed by atoms with Gasteiger partial charge in [-0.15, -0.1) is 10.2 Å². The first-order chi connectivity index (χ1) is 12.6. The summed E-state index contributed by atoms with van der Waals surface area (Å²) >= 11 is 1.29. The molecule has 0 saturated heterocycles. The highest BCUT2D eigenvalue weighted by molar-refractivity contribution is 7.99. The maximum Gasteiger partial charge on any atom is 0.234 e. The van der Waals surface area contributed by atoms with E-state index in [4.69, 9.17) is 13.9 Å². The number of hydrogen-bond acceptors (Lipinski definition) is 7. The zero-order valence-corrected chi connectivity index (χ0v) is 15.4. The first-order valence-electron chi connectivity index (χ1n) is 7.70. The minimum atomic E-state index is -0.162. The number of nitrogens with zero attached hydrogens (tertiary/aromatic N) is 3. The number of carbonyl (C=O) groups excluding carboxylic acids is 1. The molecule has 0 aliphatic rings. The SMILES string of the molecule is COc1ccc(NC(=O)CSc2nnc(-c3ccco3)n2C)cc1OC. The highest BCUT2D eigenvalue weighted by Gasteiger charge is 2.15. The van der Waals surface area contributed by atoms with E-state index in [0.29, 0.717) is 33.9 Å². The van der Waals surface area contributed by atoms with Crippen molar-refractivity contribution in [2.24, 2.45) is 7.05 Å². The van der Waals surface area contributed by atoms with E-state index in [1.807, 2.05) is 13.1 Å². The number of anilines is 1. The molecule has 2 aromatic heterocycles. The Bertz CT molecular complexity index is 892. The van der Waals surface area contributed by atoms with Crippen molar-refractivity contribution in [1.29, 1.82) is 0 Å². The summed E-state index contributed by atoms with van der Waals surface area (Å²) in [7, 11) is 4.93. The number of thioether (sulfide) groups is 1. The van der Waals surface area contributed by atoms with Crippen LogP contribution < -0.4 is 14.8 Å². The van der Waals surface area contributed by atoms with E-state index in [0.717, 1.165) is 0 Å². The Kier molecular flexibility index (Phi) is 5.47.